The van der Waals surface area contributed by atoms with Gasteiger partial charge in [0.25, 0.3) is 0 Å². The summed E-state index contributed by atoms with van der Waals surface area (Å²) < 4.78 is 0. The maximum absolute atomic E-state index is 11.7. The molecule has 4 rings (SSSR count). The van der Waals surface area contributed by atoms with Crippen LogP contribution in [0.15, 0.2) is 35.3 Å². The Morgan fingerprint density at radius 3 is 2.65 bits per heavy atom. The van der Waals surface area contributed by atoms with Gasteiger partial charge < -0.3 is 15.5 Å². The van der Waals surface area contributed by atoms with Crippen LogP contribution in [0.3, 0.4) is 0 Å². The molecule has 2 aliphatic rings. The summed E-state index contributed by atoms with van der Waals surface area (Å²) in [6.07, 6.45) is 7.30. The van der Waals surface area contributed by atoms with Gasteiger partial charge in [-0.1, -0.05) is 40.2 Å². The Kier molecular flexibility index (Phi) is 6.50. The first-order chi connectivity index (χ1) is 16.0. The molecule has 2 aromatic carbocycles. The minimum atomic E-state index is 0.0147. The predicted octanol–water partition coefficient (Wildman–Crippen LogP) is 6.12. The highest BCUT2D eigenvalue weighted by Gasteiger charge is 2.51. The summed E-state index contributed by atoms with van der Waals surface area (Å²) in [6, 6.07) is 9.20. The van der Waals surface area contributed by atoms with Crippen molar-refractivity contribution in [1.82, 2.24) is 5.32 Å². The van der Waals surface area contributed by atoms with Crippen molar-refractivity contribution in [3.8, 4) is 11.5 Å². The second-order valence-electron chi connectivity index (χ2n) is 11.2. The van der Waals surface area contributed by atoms with E-state index in [0.29, 0.717) is 17.4 Å². The lowest BCUT2D eigenvalue weighted by atomic mass is 9.49. The van der Waals surface area contributed by atoms with Crippen molar-refractivity contribution >= 4 is 17.8 Å². The Bertz CT molecular complexity index is 1120. The van der Waals surface area contributed by atoms with Crippen LogP contribution in [0.1, 0.15) is 88.5 Å². The summed E-state index contributed by atoms with van der Waals surface area (Å²) in [7, 11) is 0. The zero-order chi connectivity index (χ0) is 24.7. The number of carbonyl (C=O) groups is 1. The molecule has 182 valence electrons. The second-order valence-corrected chi connectivity index (χ2v) is 11.2. The van der Waals surface area contributed by atoms with Crippen LogP contribution in [0, 0.1) is 11.3 Å². The Morgan fingerprint density at radius 1 is 1.21 bits per heavy atom. The molecule has 3 N–H and O–H groups in total. The molecule has 0 aromatic heterocycles. The van der Waals surface area contributed by atoms with Crippen molar-refractivity contribution in [2.24, 2.45) is 16.3 Å². The fourth-order valence-corrected chi connectivity index (χ4v) is 6.55. The number of phenolic OH excluding ortho intramolecular Hbond substituents is 2. The van der Waals surface area contributed by atoms with Crippen LogP contribution >= 0.6 is 0 Å². The van der Waals surface area contributed by atoms with E-state index in [4.69, 9.17) is 4.99 Å². The molecule has 0 unspecified atom stereocenters. The first-order valence-electron chi connectivity index (χ1n) is 12.5. The molecule has 1 saturated carbocycles. The number of carbonyl (C=O) groups excluding carboxylic acids is 1. The van der Waals surface area contributed by atoms with Crippen molar-refractivity contribution in [1.29, 1.82) is 0 Å². The number of fused-ring (bicyclic) bond motifs is 3. The molecule has 0 saturated heterocycles. The van der Waals surface area contributed by atoms with Crippen LogP contribution in [0.2, 0.25) is 0 Å². The third-order valence-electron chi connectivity index (χ3n) is 8.34. The van der Waals surface area contributed by atoms with Crippen LogP contribution in [-0.2, 0) is 16.6 Å². The fourth-order valence-electron chi connectivity index (χ4n) is 6.55. The number of aromatic hydroxyl groups is 2. The monoisotopic (exact) mass is 462 g/mol. The van der Waals surface area contributed by atoms with Gasteiger partial charge in [-0.25, -0.2) is 0 Å². The Labute approximate surface area is 203 Å². The molecule has 0 heterocycles. The summed E-state index contributed by atoms with van der Waals surface area (Å²) in [5.41, 5.74) is 5.68. The van der Waals surface area contributed by atoms with E-state index >= 15 is 0 Å². The van der Waals surface area contributed by atoms with E-state index < -0.39 is 0 Å². The first-order valence-corrected chi connectivity index (χ1v) is 12.5. The molecule has 0 aliphatic heterocycles. The van der Waals surface area contributed by atoms with Gasteiger partial charge in [0.15, 0.2) is 0 Å². The molecular weight excluding hydrogens is 424 g/mol. The molecular formula is C29H38N2O3. The van der Waals surface area contributed by atoms with Crippen molar-refractivity contribution in [3.63, 3.8) is 0 Å². The van der Waals surface area contributed by atoms with Crippen LogP contribution < -0.4 is 5.32 Å². The highest BCUT2D eigenvalue weighted by Crippen LogP contribution is 2.57. The van der Waals surface area contributed by atoms with E-state index in [1.54, 1.807) is 25.3 Å². The average molecular weight is 463 g/mol. The van der Waals surface area contributed by atoms with E-state index in [0.717, 1.165) is 44.3 Å². The fraction of sp³-hybridized carbons (Fsp3) is 0.517. The lowest BCUT2D eigenvalue weighted by Crippen LogP contribution is -2.53. The lowest BCUT2D eigenvalue weighted by Gasteiger charge is -2.55. The summed E-state index contributed by atoms with van der Waals surface area (Å²) in [5.74, 6) is 0.912. The summed E-state index contributed by atoms with van der Waals surface area (Å²) in [4.78, 5) is 16.5. The predicted molar refractivity (Wildman–Crippen MR) is 137 cm³/mol. The van der Waals surface area contributed by atoms with Crippen LogP contribution in [0.4, 0.5) is 5.69 Å². The normalized spacial score (nSPS) is 26.4. The zero-order valence-electron chi connectivity index (χ0n) is 21.1. The number of hydrogen-bond donors (Lipinski definition) is 3. The average Bonchev–Trinajstić information content (AvgIpc) is 2.76. The van der Waals surface area contributed by atoms with Crippen molar-refractivity contribution < 1.29 is 15.0 Å². The number of phenols is 2. The Morgan fingerprint density at radius 2 is 1.97 bits per heavy atom. The van der Waals surface area contributed by atoms with Crippen molar-refractivity contribution in [2.75, 3.05) is 6.54 Å². The van der Waals surface area contributed by atoms with Crippen LogP contribution in [0.5, 0.6) is 11.5 Å². The summed E-state index contributed by atoms with van der Waals surface area (Å²) in [6.45, 7) is 11.5. The number of rotatable bonds is 5. The standard InChI is InChI=1S/C29H38N2O3/c1-18(2)23-13-20-8-10-27-28(4,17-31-19(3)32)11-6-12-29(27,5)24(20)15-25(23)30-16-21-7-9-22(33)14-26(21)34/h7,9,13-16,18,27,33-34H,6,8,10-12,17H2,1-5H3,(H,31,32)/t27-,28-,29+/m0/s1. The van der Waals surface area contributed by atoms with Gasteiger partial charge in [0.1, 0.15) is 11.5 Å². The number of hydrogen-bond acceptors (Lipinski definition) is 4. The molecule has 0 radical (unpaired) electrons. The molecule has 34 heavy (non-hydrogen) atoms. The number of aryl methyl sites for hydroxylation is 1. The van der Waals surface area contributed by atoms with Gasteiger partial charge in [-0.05, 0) is 83.2 Å². The number of nitrogens with one attached hydrogen (secondary N) is 1. The van der Waals surface area contributed by atoms with Gasteiger partial charge in [-0.3, -0.25) is 9.79 Å². The van der Waals surface area contributed by atoms with Crippen LogP contribution in [0.25, 0.3) is 0 Å². The van der Waals surface area contributed by atoms with Gasteiger partial charge in [0, 0.05) is 31.3 Å². The summed E-state index contributed by atoms with van der Waals surface area (Å²) in [5, 5.41) is 22.9. The molecule has 2 aromatic rings. The van der Waals surface area contributed by atoms with Gasteiger partial charge in [-0.15, -0.1) is 0 Å². The number of benzene rings is 2. The van der Waals surface area contributed by atoms with E-state index in [1.165, 1.54) is 22.8 Å². The van der Waals surface area contributed by atoms with Gasteiger partial charge in [0.2, 0.25) is 5.91 Å². The minimum Gasteiger partial charge on any atom is -0.508 e. The lowest BCUT2D eigenvalue weighted by molar-refractivity contribution is -0.120. The smallest absolute Gasteiger partial charge is 0.216 e. The molecule has 1 fully saturated rings. The number of aliphatic imine (C=N–C) groups is 1. The number of amides is 1. The quantitative estimate of drug-likeness (QED) is 0.468. The Hall–Kier alpha value is -2.82. The van der Waals surface area contributed by atoms with Crippen molar-refractivity contribution in [3.05, 3.63) is 52.6 Å². The Balaban J connectivity index is 1.76. The SMILES string of the molecule is CC(=O)NC[C@]1(C)CCC[C@]2(C)c3cc(N=Cc4ccc(O)cc4O)c(C(C)C)cc3CC[C@@H]12. The maximum atomic E-state index is 11.7. The third kappa shape index (κ3) is 4.45. The van der Waals surface area contributed by atoms with E-state index in [2.05, 4.69) is 45.1 Å². The van der Waals surface area contributed by atoms with Crippen LogP contribution in [-0.4, -0.2) is 28.9 Å². The largest absolute Gasteiger partial charge is 0.508 e. The zero-order valence-corrected chi connectivity index (χ0v) is 21.1. The van der Waals surface area contributed by atoms with E-state index in [1.807, 2.05) is 0 Å². The summed E-state index contributed by atoms with van der Waals surface area (Å²) >= 11 is 0. The molecule has 0 bridgehead atoms. The van der Waals surface area contributed by atoms with Gasteiger partial charge in [0.05, 0.1) is 5.69 Å². The third-order valence-corrected chi connectivity index (χ3v) is 8.34. The second kappa shape index (κ2) is 9.09. The molecule has 0 spiro atoms. The molecule has 5 heteroatoms. The minimum absolute atomic E-state index is 0.0147. The molecule has 2 aliphatic carbocycles. The molecule has 1 amide bonds. The number of nitrogens with zero attached hydrogens (tertiary/aromatic N) is 1. The molecule has 5 nitrogen and oxygen atoms in total. The maximum Gasteiger partial charge on any atom is 0.216 e. The van der Waals surface area contributed by atoms with Gasteiger partial charge >= 0.3 is 0 Å². The molecule has 3 atom stereocenters. The first kappa shape index (κ1) is 24.3. The van der Waals surface area contributed by atoms with E-state index in [-0.39, 0.29) is 28.2 Å². The highest BCUT2D eigenvalue weighted by atomic mass is 16.3. The van der Waals surface area contributed by atoms with E-state index in [9.17, 15) is 15.0 Å². The van der Waals surface area contributed by atoms with Crippen molar-refractivity contribution in [2.45, 2.75) is 78.1 Å². The highest BCUT2D eigenvalue weighted by molar-refractivity contribution is 5.86. The topological polar surface area (TPSA) is 81.9 Å². The van der Waals surface area contributed by atoms with Gasteiger partial charge in [-0.2, -0.15) is 0 Å².